The van der Waals surface area contributed by atoms with E-state index in [0.29, 0.717) is 11.4 Å². The second-order valence-electron chi connectivity index (χ2n) is 5.26. The molecule has 1 amide bonds. The van der Waals surface area contributed by atoms with Crippen molar-refractivity contribution in [1.82, 2.24) is 15.2 Å². The van der Waals surface area contributed by atoms with Crippen molar-refractivity contribution < 1.29 is 9.72 Å². The molecule has 1 atom stereocenters. The molecule has 0 aromatic carbocycles. The molecule has 1 aromatic heterocycles. The fourth-order valence-electron chi connectivity index (χ4n) is 2.53. The Hall–Kier alpha value is -2.25. The zero-order valence-corrected chi connectivity index (χ0v) is 12.4. The van der Waals surface area contributed by atoms with E-state index < -0.39 is 11.0 Å². The molecule has 1 aromatic rings. The van der Waals surface area contributed by atoms with Crippen LogP contribution >= 0.6 is 0 Å². The predicted molar refractivity (Wildman–Crippen MR) is 77.1 cm³/mol. The lowest BCUT2D eigenvalue weighted by molar-refractivity contribution is -0.386. The van der Waals surface area contributed by atoms with Crippen LogP contribution in [-0.2, 0) is 4.79 Å². The van der Waals surface area contributed by atoms with Crippen molar-refractivity contribution in [3.05, 3.63) is 21.5 Å². The predicted octanol–water partition coefficient (Wildman–Crippen LogP) is 2.02. The molecule has 1 aliphatic rings. The third-order valence-corrected chi connectivity index (χ3v) is 3.72. The van der Waals surface area contributed by atoms with Crippen LogP contribution in [0.15, 0.2) is 5.10 Å². The average Bonchev–Trinajstić information content (AvgIpc) is 3.03. The lowest BCUT2D eigenvalue weighted by Crippen LogP contribution is -2.29. The molecule has 0 radical (unpaired) electrons. The highest BCUT2D eigenvalue weighted by Gasteiger charge is 2.27. The first-order valence-electron chi connectivity index (χ1n) is 6.97. The average molecular weight is 293 g/mol. The van der Waals surface area contributed by atoms with Crippen molar-refractivity contribution in [3.8, 4) is 0 Å². The van der Waals surface area contributed by atoms with Crippen LogP contribution in [0.4, 0.5) is 5.69 Å². The minimum Gasteiger partial charge on any atom is -0.271 e. The Balaban J connectivity index is 2.14. The molecule has 1 N–H and O–H groups in total. The minimum atomic E-state index is -0.650. The summed E-state index contributed by atoms with van der Waals surface area (Å²) in [5, 5.41) is 19.2. The minimum absolute atomic E-state index is 0.0447. The Labute approximate surface area is 122 Å². The first kappa shape index (κ1) is 15.1. The highest BCUT2D eigenvalue weighted by atomic mass is 16.6. The van der Waals surface area contributed by atoms with Crippen LogP contribution in [0.5, 0.6) is 0 Å². The van der Waals surface area contributed by atoms with Crippen LogP contribution < -0.4 is 5.43 Å². The van der Waals surface area contributed by atoms with E-state index in [9.17, 15) is 14.9 Å². The van der Waals surface area contributed by atoms with Gasteiger partial charge in [-0.2, -0.15) is 10.2 Å². The van der Waals surface area contributed by atoms with Gasteiger partial charge in [-0.15, -0.1) is 0 Å². The molecule has 0 bridgehead atoms. The lowest BCUT2D eigenvalue weighted by atomic mass is 10.3. The van der Waals surface area contributed by atoms with Crippen molar-refractivity contribution in [2.24, 2.45) is 5.10 Å². The summed E-state index contributed by atoms with van der Waals surface area (Å²) in [5.74, 6) is -0.324. The van der Waals surface area contributed by atoms with Gasteiger partial charge < -0.3 is 0 Å². The summed E-state index contributed by atoms with van der Waals surface area (Å²) in [6, 6.07) is -0.650. The second-order valence-corrected chi connectivity index (χ2v) is 5.26. The number of aromatic nitrogens is 2. The number of hydrogen-bond donors (Lipinski definition) is 1. The Kier molecular flexibility index (Phi) is 4.35. The SMILES string of the molecule is Cc1nn(C(C)C(=O)NN=C2CCCC2)c(C)c1[N+](=O)[O-]. The maximum Gasteiger partial charge on any atom is 0.312 e. The van der Waals surface area contributed by atoms with Gasteiger partial charge in [0, 0.05) is 5.71 Å². The van der Waals surface area contributed by atoms with Gasteiger partial charge in [-0.1, -0.05) is 0 Å². The molecule has 0 aliphatic heterocycles. The number of nitro groups is 1. The van der Waals surface area contributed by atoms with E-state index in [1.165, 1.54) is 4.68 Å². The number of aryl methyl sites for hydroxylation is 1. The number of rotatable bonds is 4. The highest BCUT2D eigenvalue weighted by molar-refractivity contribution is 5.88. The van der Waals surface area contributed by atoms with Crippen molar-refractivity contribution in [2.75, 3.05) is 0 Å². The van der Waals surface area contributed by atoms with Gasteiger partial charge in [0.1, 0.15) is 17.4 Å². The first-order valence-corrected chi connectivity index (χ1v) is 6.97. The Morgan fingerprint density at radius 3 is 2.57 bits per heavy atom. The van der Waals surface area contributed by atoms with Crippen molar-refractivity contribution in [3.63, 3.8) is 0 Å². The van der Waals surface area contributed by atoms with Crippen molar-refractivity contribution >= 4 is 17.3 Å². The zero-order valence-electron chi connectivity index (χ0n) is 12.4. The number of hydrazone groups is 1. The summed E-state index contributed by atoms with van der Waals surface area (Å²) in [4.78, 5) is 22.6. The van der Waals surface area contributed by atoms with E-state index in [1.807, 2.05) is 0 Å². The van der Waals surface area contributed by atoms with Crippen molar-refractivity contribution in [2.45, 2.75) is 52.5 Å². The molecule has 0 spiro atoms. The van der Waals surface area contributed by atoms with Crippen molar-refractivity contribution in [1.29, 1.82) is 0 Å². The summed E-state index contributed by atoms with van der Waals surface area (Å²) in [6.45, 7) is 4.79. The van der Waals surface area contributed by atoms with E-state index in [1.54, 1.807) is 20.8 Å². The zero-order chi connectivity index (χ0) is 15.6. The summed E-state index contributed by atoms with van der Waals surface area (Å²) in [5.41, 5.74) is 4.15. The molecule has 1 saturated carbocycles. The third-order valence-electron chi connectivity index (χ3n) is 3.72. The highest BCUT2D eigenvalue weighted by Crippen LogP contribution is 2.24. The molecule has 8 nitrogen and oxygen atoms in total. The van der Waals surface area contributed by atoms with E-state index in [2.05, 4.69) is 15.6 Å². The lowest BCUT2D eigenvalue weighted by Gasteiger charge is -2.12. The van der Waals surface area contributed by atoms with E-state index in [4.69, 9.17) is 0 Å². The fraction of sp³-hybridized carbons (Fsp3) is 0.615. The Morgan fingerprint density at radius 1 is 1.43 bits per heavy atom. The van der Waals surface area contributed by atoms with Crippen LogP contribution in [0.25, 0.3) is 0 Å². The molecule has 114 valence electrons. The van der Waals surface area contributed by atoms with Gasteiger partial charge in [-0.25, -0.2) is 5.43 Å². The van der Waals surface area contributed by atoms with Gasteiger partial charge in [0.25, 0.3) is 5.91 Å². The van der Waals surface area contributed by atoms with E-state index >= 15 is 0 Å². The van der Waals surface area contributed by atoms with Gasteiger partial charge in [0.2, 0.25) is 0 Å². The summed E-state index contributed by atoms with van der Waals surface area (Å²) >= 11 is 0. The van der Waals surface area contributed by atoms with Crippen LogP contribution in [0.2, 0.25) is 0 Å². The molecule has 1 aliphatic carbocycles. The van der Waals surface area contributed by atoms with Gasteiger partial charge in [0.15, 0.2) is 0 Å². The molecular formula is C13H19N5O3. The second kappa shape index (κ2) is 6.02. The van der Waals surface area contributed by atoms with Crippen LogP contribution in [0.3, 0.4) is 0 Å². The molecule has 8 heteroatoms. The number of nitrogens with zero attached hydrogens (tertiary/aromatic N) is 4. The maximum atomic E-state index is 12.1. The number of carbonyl (C=O) groups excluding carboxylic acids is 1. The quantitative estimate of drug-likeness (QED) is 0.677. The molecule has 0 saturated heterocycles. The monoisotopic (exact) mass is 293 g/mol. The van der Waals surface area contributed by atoms with Gasteiger partial charge in [-0.05, 0) is 46.5 Å². The molecule has 1 unspecified atom stereocenters. The first-order chi connectivity index (χ1) is 9.91. The molecule has 21 heavy (non-hydrogen) atoms. The van der Waals surface area contributed by atoms with E-state index in [0.717, 1.165) is 31.4 Å². The summed E-state index contributed by atoms with van der Waals surface area (Å²) in [7, 11) is 0. The number of amides is 1. The summed E-state index contributed by atoms with van der Waals surface area (Å²) < 4.78 is 1.37. The Bertz CT molecular complexity index is 597. The maximum absolute atomic E-state index is 12.1. The van der Waals surface area contributed by atoms with Crippen LogP contribution in [-0.4, -0.2) is 26.3 Å². The summed E-state index contributed by atoms with van der Waals surface area (Å²) in [6.07, 6.45) is 4.04. The number of nitrogens with one attached hydrogen (secondary N) is 1. The normalized spacial score (nSPS) is 15.9. The van der Waals surface area contributed by atoms with Gasteiger partial charge >= 0.3 is 5.69 Å². The van der Waals surface area contributed by atoms with Crippen LogP contribution in [0, 0.1) is 24.0 Å². The molecular weight excluding hydrogens is 274 g/mol. The standard InChI is InChI=1S/C13H19N5O3/c1-8-12(18(20)21)9(2)17(16-8)10(3)13(19)15-14-11-6-4-5-7-11/h10H,4-7H2,1-3H3,(H,15,19). The topological polar surface area (TPSA) is 102 Å². The molecule has 2 rings (SSSR count). The third kappa shape index (κ3) is 3.09. The largest absolute Gasteiger partial charge is 0.312 e. The number of carbonyl (C=O) groups is 1. The fourth-order valence-corrected chi connectivity index (χ4v) is 2.53. The van der Waals surface area contributed by atoms with Crippen LogP contribution in [0.1, 0.15) is 50.0 Å². The number of hydrogen-bond acceptors (Lipinski definition) is 5. The molecule has 1 fully saturated rings. The Morgan fingerprint density at radius 2 is 2.05 bits per heavy atom. The smallest absolute Gasteiger partial charge is 0.271 e. The van der Waals surface area contributed by atoms with Gasteiger partial charge in [-0.3, -0.25) is 19.6 Å². The van der Waals surface area contributed by atoms with E-state index in [-0.39, 0.29) is 11.6 Å². The molecule has 1 heterocycles. The van der Waals surface area contributed by atoms with Gasteiger partial charge in [0.05, 0.1) is 4.92 Å².